The highest BCUT2D eigenvalue weighted by Crippen LogP contribution is 2.31. The highest BCUT2D eigenvalue weighted by atomic mass is 16.5. The highest BCUT2D eigenvalue weighted by molar-refractivity contribution is 5.81. The van der Waals surface area contributed by atoms with Crippen molar-refractivity contribution in [1.29, 1.82) is 5.26 Å². The number of ether oxygens (including phenoxy) is 1. The van der Waals surface area contributed by atoms with Crippen molar-refractivity contribution in [1.82, 2.24) is 10.2 Å². The number of methoxy groups -OCH3 is 1. The molecular weight excluding hydrogens is 318 g/mol. The molecule has 6 heteroatoms. The predicted octanol–water partition coefficient (Wildman–Crippen LogP) is 1.46. The number of hydrogen-bond acceptors (Lipinski definition) is 5. The SMILES string of the molecule is COCCN[C@H](c1ccc(C#N)cc1)[C@@H]1CCN(CCCCO)C1=O. The first-order chi connectivity index (χ1) is 12.2. The number of carbonyl (C=O) groups is 1. The Morgan fingerprint density at radius 2 is 2.16 bits per heavy atom. The van der Waals surface area contributed by atoms with Gasteiger partial charge in [-0.3, -0.25) is 4.79 Å². The van der Waals surface area contributed by atoms with Gasteiger partial charge >= 0.3 is 0 Å². The van der Waals surface area contributed by atoms with E-state index in [0.29, 0.717) is 25.3 Å². The van der Waals surface area contributed by atoms with Crippen molar-refractivity contribution in [2.24, 2.45) is 5.92 Å². The zero-order valence-corrected chi connectivity index (χ0v) is 14.8. The monoisotopic (exact) mass is 345 g/mol. The number of nitriles is 1. The number of benzene rings is 1. The average Bonchev–Trinajstić information content (AvgIpc) is 3.00. The molecule has 0 saturated carbocycles. The standard InChI is InChI=1S/C19H27N3O3/c1-25-13-9-21-18(16-6-4-15(14-20)5-7-16)17-8-11-22(19(17)24)10-2-3-12-23/h4-7,17-18,21,23H,2-3,8-13H2,1H3/t17-,18+/m0/s1. The lowest BCUT2D eigenvalue weighted by Crippen LogP contribution is -2.36. The van der Waals surface area contributed by atoms with Gasteiger partial charge in [0.1, 0.15) is 0 Å². The van der Waals surface area contributed by atoms with Crippen molar-refractivity contribution in [3.63, 3.8) is 0 Å². The summed E-state index contributed by atoms with van der Waals surface area (Å²) in [7, 11) is 1.65. The van der Waals surface area contributed by atoms with E-state index in [4.69, 9.17) is 15.1 Å². The molecule has 0 aliphatic carbocycles. The van der Waals surface area contributed by atoms with Crippen LogP contribution in [0.1, 0.15) is 36.4 Å². The van der Waals surface area contributed by atoms with Crippen LogP contribution in [0.25, 0.3) is 0 Å². The Morgan fingerprint density at radius 3 is 2.80 bits per heavy atom. The van der Waals surface area contributed by atoms with E-state index in [1.165, 1.54) is 0 Å². The first-order valence-corrected chi connectivity index (χ1v) is 8.83. The molecule has 0 bridgehead atoms. The molecule has 0 aromatic heterocycles. The summed E-state index contributed by atoms with van der Waals surface area (Å²) in [5.41, 5.74) is 1.63. The Bertz CT molecular complexity index is 583. The summed E-state index contributed by atoms with van der Waals surface area (Å²) in [5, 5.41) is 21.3. The summed E-state index contributed by atoms with van der Waals surface area (Å²) >= 11 is 0. The van der Waals surface area contributed by atoms with Crippen LogP contribution in [0.2, 0.25) is 0 Å². The molecule has 1 heterocycles. The fourth-order valence-corrected chi connectivity index (χ4v) is 3.28. The van der Waals surface area contributed by atoms with E-state index in [1.807, 2.05) is 17.0 Å². The topological polar surface area (TPSA) is 85.6 Å². The van der Waals surface area contributed by atoms with Gasteiger partial charge in [0.15, 0.2) is 0 Å². The first kappa shape index (κ1) is 19.4. The van der Waals surface area contributed by atoms with Crippen LogP contribution in [0.15, 0.2) is 24.3 Å². The minimum absolute atomic E-state index is 0.0850. The zero-order valence-electron chi connectivity index (χ0n) is 14.8. The van der Waals surface area contributed by atoms with Crippen molar-refractivity contribution >= 4 is 5.91 Å². The van der Waals surface area contributed by atoms with Crippen LogP contribution in [-0.4, -0.2) is 55.9 Å². The maximum absolute atomic E-state index is 12.8. The summed E-state index contributed by atoms with van der Waals surface area (Å²) in [6, 6.07) is 9.46. The van der Waals surface area contributed by atoms with Gasteiger partial charge in [0.25, 0.3) is 0 Å². The number of rotatable bonds is 10. The number of carbonyl (C=O) groups excluding carboxylic acids is 1. The normalized spacial score (nSPS) is 18.4. The highest BCUT2D eigenvalue weighted by Gasteiger charge is 2.37. The van der Waals surface area contributed by atoms with Gasteiger partial charge in [-0.2, -0.15) is 5.26 Å². The molecule has 0 spiro atoms. The van der Waals surface area contributed by atoms with Crippen molar-refractivity contribution in [3.05, 3.63) is 35.4 Å². The Hall–Kier alpha value is -1.94. The maximum Gasteiger partial charge on any atom is 0.227 e. The molecule has 1 aromatic rings. The molecule has 2 rings (SSSR count). The van der Waals surface area contributed by atoms with Crippen molar-refractivity contribution in [2.45, 2.75) is 25.3 Å². The lowest BCUT2D eigenvalue weighted by Gasteiger charge is -2.25. The molecule has 0 unspecified atom stereocenters. The molecule has 1 amide bonds. The van der Waals surface area contributed by atoms with E-state index in [9.17, 15) is 4.79 Å². The molecule has 0 radical (unpaired) electrons. The molecule has 1 aromatic carbocycles. The summed E-state index contributed by atoms with van der Waals surface area (Å²) in [5.74, 6) is 0.0520. The van der Waals surface area contributed by atoms with Gasteiger partial charge in [0, 0.05) is 39.4 Å². The molecule has 6 nitrogen and oxygen atoms in total. The van der Waals surface area contributed by atoms with Gasteiger partial charge in [-0.15, -0.1) is 0 Å². The second-order valence-corrected chi connectivity index (χ2v) is 6.31. The lowest BCUT2D eigenvalue weighted by molar-refractivity contribution is -0.131. The minimum atomic E-state index is -0.112. The molecule has 2 N–H and O–H groups in total. The van der Waals surface area contributed by atoms with Crippen LogP contribution in [0.5, 0.6) is 0 Å². The summed E-state index contributed by atoms with van der Waals surface area (Å²) < 4.78 is 5.12. The van der Waals surface area contributed by atoms with Gasteiger partial charge in [-0.05, 0) is 37.0 Å². The van der Waals surface area contributed by atoms with Crippen LogP contribution >= 0.6 is 0 Å². The molecule has 2 atom stereocenters. The number of aliphatic hydroxyl groups is 1. The number of likely N-dealkylation sites (tertiary alicyclic amines) is 1. The molecule has 1 saturated heterocycles. The van der Waals surface area contributed by atoms with Gasteiger partial charge < -0.3 is 20.1 Å². The van der Waals surface area contributed by atoms with Crippen LogP contribution < -0.4 is 5.32 Å². The number of unbranched alkanes of at least 4 members (excludes halogenated alkanes) is 1. The number of nitrogens with one attached hydrogen (secondary N) is 1. The lowest BCUT2D eigenvalue weighted by atomic mass is 9.91. The number of hydrogen-bond donors (Lipinski definition) is 2. The van der Waals surface area contributed by atoms with E-state index in [-0.39, 0.29) is 24.5 Å². The predicted molar refractivity (Wildman–Crippen MR) is 94.8 cm³/mol. The van der Waals surface area contributed by atoms with Crippen LogP contribution in [0.4, 0.5) is 0 Å². The molecule has 1 aliphatic rings. The van der Waals surface area contributed by atoms with Gasteiger partial charge in [0.2, 0.25) is 5.91 Å². The largest absolute Gasteiger partial charge is 0.396 e. The number of aliphatic hydroxyl groups excluding tert-OH is 1. The first-order valence-electron chi connectivity index (χ1n) is 8.83. The van der Waals surface area contributed by atoms with Crippen LogP contribution in [-0.2, 0) is 9.53 Å². The van der Waals surface area contributed by atoms with Crippen LogP contribution in [0.3, 0.4) is 0 Å². The Balaban J connectivity index is 2.09. The third-order valence-corrected chi connectivity index (χ3v) is 4.65. The zero-order chi connectivity index (χ0) is 18.1. The minimum Gasteiger partial charge on any atom is -0.396 e. The van der Waals surface area contributed by atoms with Gasteiger partial charge in [-0.25, -0.2) is 0 Å². The second kappa shape index (κ2) is 10.1. The van der Waals surface area contributed by atoms with Crippen molar-refractivity contribution < 1.29 is 14.6 Å². The van der Waals surface area contributed by atoms with E-state index in [2.05, 4.69) is 11.4 Å². The van der Waals surface area contributed by atoms with E-state index < -0.39 is 0 Å². The molecule has 136 valence electrons. The van der Waals surface area contributed by atoms with Gasteiger partial charge in [-0.1, -0.05) is 12.1 Å². The van der Waals surface area contributed by atoms with E-state index in [0.717, 1.165) is 31.4 Å². The quantitative estimate of drug-likeness (QED) is 0.627. The third-order valence-electron chi connectivity index (χ3n) is 4.65. The fourth-order valence-electron chi connectivity index (χ4n) is 3.28. The Kier molecular flexibility index (Phi) is 7.86. The van der Waals surface area contributed by atoms with Gasteiger partial charge in [0.05, 0.1) is 24.2 Å². The smallest absolute Gasteiger partial charge is 0.227 e. The third kappa shape index (κ3) is 5.27. The van der Waals surface area contributed by atoms with E-state index in [1.54, 1.807) is 19.2 Å². The maximum atomic E-state index is 12.8. The number of nitrogens with zero attached hydrogens (tertiary/aromatic N) is 2. The molecular formula is C19H27N3O3. The van der Waals surface area contributed by atoms with Crippen molar-refractivity contribution in [2.75, 3.05) is 40.0 Å². The van der Waals surface area contributed by atoms with Crippen LogP contribution in [0, 0.1) is 17.2 Å². The molecule has 25 heavy (non-hydrogen) atoms. The van der Waals surface area contributed by atoms with Crippen molar-refractivity contribution in [3.8, 4) is 6.07 Å². The summed E-state index contributed by atoms with van der Waals surface area (Å²) in [6.45, 7) is 2.86. The van der Waals surface area contributed by atoms with E-state index >= 15 is 0 Å². The second-order valence-electron chi connectivity index (χ2n) is 6.31. The summed E-state index contributed by atoms with van der Waals surface area (Å²) in [6.07, 6.45) is 2.36. The fraction of sp³-hybridized carbons (Fsp3) is 0.579. The Morgan fingerprint density at radius 1 is 1.40 bits per heavy atom. The average molecular weight is 345 g/mol. The Labute approximate surface area is 149 Å². The summed E-state index contributed by atoms with van der Waals surface area (Å²) in [4.78, 5) is 14.7. The molecule has 1 aliphatic heterocycles. The molecule has 1 fully saturated rings. The number of amides is 1.